The number of carbonyl (C=O) groups is 1. The molecule has 0 radical (unpaired) electrons. The lowest BCUT2D eigenvalue weighted by molar-refractivity contribution is 0.0932. The lowest BCUT2D eigenvalue weighted by Crippen LogP contribution is -2.31. The number of nitrogens with zero attached hydrogens (tertiary/aromatic N) is 1. The highest BCUT2D eigenvalue weighted by atomic mass is 35.5. The van der Waals surface area contributed by atoms with Gasteiger partial charge in [-0.25, -0.2) is 0 Å². The van der Waals surface area contributed by atoms with Gasteiger partial charge in [0.1, 0.15) is 5.75 Å². The molecule has 1 aromatic rings. The predicted molar refractivity (Wildman–Crippen MR) is 86.4 cm³/mol. The first kappa shape index (κ1) is 16.3. The Morgan fingerprint density at radius 2 is 2.05 bits per heavy atom. The maximum atomic E-state index is 12.3. The minimum Gasteiger partial charge on any atom is -0.495 e. The lowest BCUT2D eigenvalue weighted by atomic mass is 9.89. The molecule has 0 amide bonds. The molecule has 21 heavy (non-hydrogen) atoms. The molecule has 3 nitrogen and oxygen atoms in total. The van der Waals surface area contributed by atoms with Gasteiger partial charge in [0.2, 0.25) is 0 Å². The normalized spacial score (nSPS) is 16.2. The van der Waals surface area contributed by atoms with Crippen molar-refractivity contribution in [2.75, 3.05) is 27.2 Å². The van der Waals surface area contributed by atoms with Crippen LogP contribution in [0, 0.1) is 5.92 Å². The lowest BCUT2D eigenvalue weighted by Gasteiger charge is -2.26. The van der Waals surface area contributed by atoms with Gasteiger partial charge in [0, 0.05) is 12.1 Å². The maximum Gasteiger partial charge on any atom is 0.176 e. The number of ether oxygens (including phenoxy) is 1. The van der Waals surface area contributed by atoms with Crippen LogP contribution in [0.5, 0.6) is 5.75 Å². The van der Waals surface area contributed by atoms with Crippen molar-refractivity contribution < 1.29 is 9.53 Å². The van der Waals surface area contributed by atoms with Crippen molar-refractivity contribution in [3.63, 3.8) is 0 Å². The minimum atomic E-state index is 0.109. The van der Waals surface area contributed by atoms with E-state index in [1.54, 1.807) is 25.3 Å². The second-order valence-electron chi connectivity index (χ2n) is 5.97. The van der Waals surface area contributed by atoms with Crippen molar-refractivity contribution in [2.24, 2.45) is 5.92 Å². The molecule has 0 aromatic heterocycles. The molecule has 2 rings (SSSR count). The fourth-order valence-electron chi connectivity index (χ4n) is 3.05. The highest BCUT2D eigenvalue weighted by Gasteiger charge is 2.17. The van der Waals surface area contributed by atoms with Crippen LogP contribution in [-0.2, 0) is 0 Å². The van der Waals surface area contributed by atoms with Gasteiger partial charge < -0.3 is 4.74 Å². The molecule has 0 aliphatic heterocycles. The molecule has 0 saturated heterocycles. The Morgan fingerprint density at radius 3 is 2.67 bits per heavy atom. The summed E-state index contributed by atoms with van der Waals surface area (Å²) < 4.78 is 5.11. The first-order valence-electron chi connectivity index (χ1n) is 7.65. The number of rotatable bonds is 6. The summed E-state index contributed by atoms with van der Waals surface area (Å²) in [6, 6.07) is 5.22. The monoisotopic (exact) mass is 309 g/mol. The van der Waals surface area contributed by atoms with Crippen LogP contribution in [0.15, 0.2) is 18.2 Å². The first-order chi connectivity index (χ1) is 10.1. The Labute approximate surface area is 132 Å². The Bertz CT molecular complexity index is 484. The van der Waals surface area contributed by atoms with Crippen molar-refractivity contribution in [1.29, 1.82) is 0 Å². The van der Waals surface area contributed by atoms with Gasteiger partial charge in [-0.1, -0.05) is 30.9 Å². The Kier molecular flexibility index (Phi) is 6.07. The third-order valence-electron chi connectivity index (χ3n) is 4.18. The summed E-state index contributed by atoms with van der Waals surface area (Å²) >= 11 is 6.07. The van der Waals surface area contributed by atoms with Crippen molar-refractivity contribution in [3.05, 3.63) is 28.8 Å². The van der Waals surface area contributed by atoms with E-state index < -0.39 is 0 Å². The van der Waals surface area contributed by atoms with E-state index in [4.69, 9.17) is 16.3 Å². The first-order valence-corrected chi connectivity index (χ1v) is 8.03. The summed E-state index contributed by atoms with van der Waals surface area (Å²) in [6.07, 6.45) is 6.63. The molecular weight excluding hydrogens is 286 g/mol. The fourth-order valence-corrected chi connectivity index (χ4v) is 3.31. The highest BCUT2D eigenvalue weighted by Crippen LogP contribution is 2.26. The fraction of sp³-hybridized carbons (Fsp3) is 0.588. The Balaban J connectivity index is 1.89. The van der Waals surface area contributed by atoms with E-state index in [2.05, 4.69) is 4.90 Å². The van der Waals surface area contributed by atoms with Crippen LogP contribution >= 0.6 is 11.6 Å². The number of hydrogen-bond donors (Lipinski definition) is 0. The van der Waals surface area contributed by atoms with E-state index in [-0.39, 0.29) is 5.78 Å². The molecule has 0 atom stereocenters. The average molecular weight is 310 g/mol. The maximum absolute atomic E-state index is 12.3. The molecule has 0 unspecified atom stereocenters. The van der Waals surface area contributed by atoms with Crippen LogP contribution < -0.4 is 4.74 Å². The molecule has 0 N–H and O–H groups in total. The molecule has 0 bridgehead atoms. The molecule has 1 saturated carbocycles. The van der Waals surface area contributed by atoms with Gasteiger partial charge in [-0.05, 0) is 44.0 Å². The standard InChI is InChI=1S/C17H24ClNO2/c1-19(11-13-6-4-3-5-7-13)12-16(20)14-8-9-17(21-2)15(18)10-14/h8-10,13H,3-7,11-12H2,1-2H3. The quantitative estimate of drug-likeness (QED) is 0.743. The zero-order valence-corrected chi connectivity index (χ0v) is 13.7. The van der Waals surface area contributed by atoms with E-state index in [9.17, 15) is 4.79 Å². The molecule has 1 fully saturated rings. The molecule has 4 heteroatoms. The molecule has 116 valence electrons. The van der Waals surface area contributed by atoms with E-state index in [0.29, 0.717) is 22.9 Å². The average Bonchev–Trinajstić information content (AvgIpc) is 2.48. The van der Waals surface area contributed by atoms with Gasteiger partial charge >= 0.3 is 0 Å². The van der Waals surface area contributed by atoms with Crippen molar-refractivity contribution >= 4 is 17.4 Å². The Morgan fingerprint density at radius 1 is 1.33 bits per heavy atom. The topological polar surface area (TPSA) is 29.5 Å². The number of halogens is 1. The van der Waals surface area contributed by atoms with Crippen LogP contribution in [0.3, 0.4) is 0 Å². The summed E-state index contributed by atoms with van der Waals surface area (Å²) in [5.74, 6) is 1.46. The third kappa shape index (κ3) is 4.72. The summed E-state index contributed by atoms with van der Waals surface area (Å²) in [7, 11) is 3.60. The summed E-state index contributed by atoms with van der Waals surface area (Å²) in [5.41, 5.74) is 0.649. The largest absolute Gasteiger partial charge is 0.495 e. The molecule has 0 spiro atoms. The van der Waals surface area contributed by atoms with Gasteiger partial charge in [-0.3, -0.25) is 9.69 Å². The van der Waals surface area contributed by atoms with Gasteiger partial charge in [0.25, 0.3) is 0 Å². The number of hydrogen-bond acceptors (Lipinski definition) is 3. The van der Waals surface area contributed by atoms with Crippen molar-refractivity contribution in [2.45, 2.75) is 32.1 Å². The highest BCUT2D eigenvalue weighted by molar-refractivity contribution is 6.32. The zero-order chi connectivity index (χ0) is 15.2. The molecule has 1 aliphatic rings. The second kappa shape index (κ2) is 7.81. The molecular formula is C17H24ClNO2. The van der Waals surface area contributed by atoms with Crippen LogP contribution in [0.25, 0.3) is 0 Å². The third-order valence-corrected chi connectivity index (χ3v) is 4.48. The van der Waals surface area contributed by atoms with Crippen LogP contribution in [0.2, 0.25) is 5.02 Å². The van der Waals surface area contributed by atoms with Gasteiger partial charge in [0.05, 0.1) is 18.7 Å². The van der Waals surface area contributed by atoms with E-state index >= 15 is 0 Å². The number of likely N-dealkylation sites (N-methyl/N-ethyl adjacent to an activating group) is 1. The number of carbonyl (C=O) groups excluding carboxylic acids is 1. The van der Waals surface area contributed by atoms with E-state index in [1.807, 2.05) is 7.05 Å². The van der Waals surface area contributed by atoms with Gasteiger partial charge in [0.15, 0.2) is 5.78 Å². The van der Waals surface area contributed by atoms with Crippen molar-refractivity contribution in [1.82, 2.24) is 4.90 Å². The number of benzene rings is 1. The number of ketones is 1. The number of Topliss-reactive ketones (excluding diaryl/α,β-unsaturated/α-hetero) is 1. The van der Waals surface area contributed by atoms with Crippen molar-refractivity contribution in [3.8, 4) is 5.75 Å². The predicted octanol–water partition coefficient (Wildman–Crippen LogP) is 4.04. The van der Waals surface area contributed by atoms with Crippen LogP contribution in [0.1, 0.15) is 42.5 Å². The van der Waals surface area contributed by atoms with E-state index in [0.717, 1.165) is 12.5 Å². The molecule has 0 heterocycles. The molecule has 1 aliphatic carbocycles. The Hall–Kier alpha value is -1.06. The second-order valence-corrected chi connectivity index (χ2v) is 6.38. The smallest absolute Gasteiger partial charge is 0.176 e. The van der Waals surface area contributed by atoms with E-state index in [1.165, 1.54) is 32.1 Å². The van der Waals surface area contributed by atoms with Gasteiger partial charge in [-0.15, -0.1) is 0 Å². The van der Waals surface area contributed by atoms with Crippen LogP contribution in [-0.4, -0.2) is 37.9 Å². The molecule has 1 aromatic carbocycles. The zero-order valence-electron chi connectivity index (χ0n) is 12.9. The number of methoxy groups -OCH3 is 1. The summed E-state index contributed by atoms with van der Waals surface area (Å²) in [5, 5.41) is 0.485. The SMILES string of the molecule is COc1ccc(C(=O)CN(C)CC2CCCCC2)cc1Cl. The summed E-state index contributed by atoms with van der Waals surface area (Å²) in [4.78, 5) is 14.4. The van der Waals surface area contributed by atoms with Crippen LogP contribution in [0.4, 0.5) is 0 Å². The van der Waals surface area contributed by atoms with Gasteiger partial charge in [-0.2, -0.15) is 0 Å². The summed E-state index contributed by atoms with van der Waals surface area (Å²) in [6.45, 7) is 1.45. The minimum absolute atomic E-state index is 0.109.